The maximum Gasteiger partial charge on any atom is 0.381 e. The number of amides is 1. The van der Waals surface area contributed by atoms with Gasteiger partial charge >= 0.3 is 5.82 Å². The van der Waals surface area contributed by atoms with Crippen molar-refractivity contribution in [1.29, 1.82) is 0 Å². The summed E-state index contributed by atoms with van der Waals surface area (Å²) in [4.78, 5) is 26.5. The van der Waals surface area contributed by atoms with E-state index in [9.17, 15) is 14.9 Å². The zero-order valence-corrected chi connectivity index (χ0v) is 9.02. The number of rotatable bonds is 4. The molecule has 1 N–H and O–H groups in total. The van der Waals surface area contributed by atoms with Crippen LogP contribution in [0.15, 0.2) is 12.5 Å². The van der Waals surface area contributed by atoms with E-state index >= 15 is 0 Å². The van der Waals surface area contributed by atoms with E-state index in [-0.39, 0.29) is 18.1 Å². The van der Waals surface area contributed by atoms with Crippen molar-refractivity contribution >= 4 is 11.7 Å². The lowest BCUT2D eigenvalue weighted by Gasteiger charge is -2.35. The molecule has 1 aliphatic heterocycles. The molecule has 1 aromatic rings. The van der Waals surface area contributed by atoms with Gasteiger partial charge in [0.25, 0.3) is 0 Å². The van der Waals surface area contributed by atoms with E-state index in [4.69, 9.17) is 5.11 Å². The SMILES string of the molecule is O=C(CCn1cnc([N+](=O)[O-])c1)N1CC(O)C1. The van der Waals surface area contributed by atoms with Crippen LogP contribution >= 0.6 is 0 Å². The number of nitro groups is 1. The maximum atomic E-state index is 11.5. The van der Waals surface area contributed by atoms with E-state index in [1.807, 2.05) is 0 Å². The normalized spacial score (nSPS) is 15.7. The Morgan fingerprint density at radius 1 is 1.65 bits per heavy atom. The van der Waals surface area contributed by atoms with Crippen LogP contribution < -0.4 is 0 Å². The average Bonchev–Trinajstić information content (AvgIpc) is 2.70. The molecule has 1 amide bonds. The van der Waals surface area contributed by atoms with Gasteiger partial charge in [-0.3, -0.25) is 4.79 Å². The third-order valence-electron chi connectivity index (χ3n) is 2.61. The molecule has 0 bridgehead atoms. The van der Waals surface area contributed by atoms with Gasteiger partial charge in [-0.1, -0.05) is 0 Å². The van der Waals surface area contributed by atoms with Crippen molar-refractivity contribution in [2.45, 2.75) is 19.1 Å². The second kappa shape index (κ2) is 4.50. The molecule has 0 spiro atoms. The fraction of sp³-hybridized carbons (Fsp3) is 0.556. The number of nitrogens with zero attached hydrogens (tertiary/aromatic N) is 4. The molecule has 0 unspecified atom stereocenters. The van der Waals surface area contributed by atoms with Gasteiger partial charge in [-0.2, -0.15) is 0 Å². The quantitative estimate of drug-likeness (QED) is 0.558. The highest BCUT2D eigenvalue weighted by atomic mass is 16.6. The largest absolute Gasteiger partial charge is 0.389 e. The number of aliphatic hydroxyl groups is 1. The molecule has 17 heavy (non-hydrogen) atoms. The van der Waals surface area contributed by atoms with Crippen LogP contribution in [0.4, 0.5) is 5.82 Å². The number of carbonyl (C=O) groups is 1. The molecule has 0 aliphatic carbocycles. The predicted molar refractivity (Wildman–Crippen MR) is 56.1 cm³/mol. The van der Waals surface area contributed by atoms with E-state index in [2.05, 4.69) is 4.98 Å². The highest BCUT2D eigenvalue weighted by Crippen LogP contribution is 2.11. The molecule has 0 saturated carbocycles. The summed E-state index contributed by atoms with van der Waals surface area (Å²) in [5.74, 6) is -0.288. The van der Waals surface area contributed by atoms with Crippen LogP contribution in [0, 0.1) is 10.1 Å². The number of hydrogen-bond donors (Lipinski definition) is 1. The smallest absolute Gasteiger partial charge is 0.381 e. The van der Waals surface area contributed by atoms with Crippen molar-refractivity contribution in [3.63, 3.8) is 0 Å². The summed E-state index contributed by atoms with van der Waals surface area (Å²) in [6.45, 7) is 1.11. The average molecular weight is 240 g/mol. The van der Waals surface area contributed by atoms with E-state index in [0.29, 0.717) is 19.6 Å². The number of carbonyl (C=O) groups excluding carboxylic acids is 1. The van der Waals surface area contributed by atoms with Crippen LogP contribution in [-0.4, -0.2) is 49.6 Å². The Bertz CT molecular complexity index is 438. The molecule has 0 radical (unpaired) electrons. The van der Waals surface area contributed by atoms with Crippen LogP contribution in [0.3, 0.4) is 0 Å². The fourth-order valence-electron chi connectivity index (χ4n) is 1.61. The van der Waals surface area contributed by atoms with Gasteiger partial charge in [0.2, 0.25) is 12.2 Å². The van der Waals surface area contributed by atoms with Gasteiger partial charge in [0.15, 0.2) is 0 Å². The van der Waals surface area contributed by atoms with Crippen molar-refractivity contribution in [1.82, 2.24) is 14.5 Å². The molecule has 1 fully saturated rings. The minimum atomic E-state index is -0.579. The summed E-state index contributed by atoms with van der Waals surface area (Å²) in [5, 5.41) is 19.4. The molecule has 2 heterocycles. The number of imidazole rings is 1. The molecular weight excluding hydrogens is 228 g/mol. The van der Waals surface area contributed by atoms with Gasteiger partial charge < -0.3 is 24.7 Å². The third kappa shape index (κ3) is 2.59. The maximum absolute atomic E-state index is 11.5. The van der Waals surface area contributed by atoms with E-state index in [1.54, 1.807) is 4.90 Å². The predicted octanol–water partition coefficient (Wildman–Crippen LogP) is -0.616. The molecule has 1 aromatic heterocycles. The number of aliphatic hydroxyl groups excluding tert-OH is 1. The molecule has 8 nitrogen and oxygen atoms in total. The summed E-state index contributed by atoms with van der Waals surface area (Å²) in [5.41, 5.74) is 0. The second-order valence-corrected chi connectivity index (χ2v) is 3.93. The summed E-state index contributed by atoms with van der Waals surface area (Å²) in [7, 11) is 0. The molecular formula is C9H12N4O4. The second-order valence-electron chi connectivity index (χ2n) is 3.93. The highest BCUT2D eigenvalue weighted by Gasteiger charge is 2.28. The highest BCUT2D eigenvalue weighted by molar-refractivity contribution is 5.77. The van der Waals surface area contributed by atoms with Crippen LogP contribution in [0.2, 0.25) is 0 Å². The van der Waals surface area contributed by atoms with Crippen LogP contribution in [0.1, 0.15) is 6.42 Å². The topological polar surface area (TPSA) is 102 Å². The first-order chi connectivity index (χ1) is 8.06. The van der Waals surface area contributed by atoms with Crippen molar-refractivity contribution < 1.29 is 14.8 Å². The lowest BCUT2D eigenvalue weighted by molar-refractivity contribution is -0.389. The van der Waals surface area contributed by atoms with Crippen molar-refractivity contribution in [3.05, 3.63) is 22.6 Å². The molecule has 0 atom stereocenters. The van der Waals surface area contributed by atoms with Gasteiger partial charge in [0.05, 0.1) is 6.10 Å². The van der Waals surface area contributed by atoms with Crippen LogP contribution in [0.5, 0.6) is 0 Å². The molecule has 92 valence electrons. The Balaban J connectivity index is 1.81. The van der Waals surface area contributed by atoms with Crippen molar-refractivity contribution in [2.75, 3.05) is 13.1 Å². The van der Waals surface area contributed by atoms with Gasteiger partial charge in [0.1, 0.15) is 6.20 Å². The van der Waals surface area contributed by atoms with E-state index in [1.165, 1.54) is 17.1 Å². The van der Waals surface area contributed by atoms with Crippen molar-refractivity contribution in [2.24, 2.45) is 0 Å². The summed E-state index contributed by atoms with van der Waals surface area (Å²) >= 11 is 0. The Morgan fingerprint density at radius 2 is 2.35 bits per heavy atom. The Hall–Kier alpha value is -1.96. The minimum Gasteiger partial charge on any atom is -0.389 e. The molecule has 0 aromatic carbocycles. The zero-order chi connectivity index (χ0) is 12.4. The van der Waals surface area contributed by atoms with Gasteiger partial charge in [-0.25, -0.2) is 0 Å². The molecule has 8 heteroatoms. The first-order valence-electron chi connectivity index (χ1n) is 5.18. The first-order valence-corrected chi connectivity index (χ1v) is 5.18. The fourth-order valence-corrected chi connectivity index (χ4v) is 1.61. The minimum absolute atomic E-state index is 0.0633. The van der Waals surface area contributed by atoms with Crippen LogP contribution in [-0.2, 0) is 11.3 Å². The van der Waals surface area contributed by atoms with E-state index < -0.39 is 11.0 Å². The summed E-state index contributed by atoms with van der Waals surface area (Å²) in [6, 6.07) is 0. The third-order valence-corrected chi connectivity index (χ3v) is 2.61. The van der Waals surface area contributed by atoms with Crippen molar-refractivity contribution in [3.8, 4) is 0 Å². The number of aromatic nitrogens is 2. The van der Waals surface area contributed by atoms with Crippen LogP contribution in [0.25, 0.3) is 0 Å². The number of likely N-dealkylation sites (tertiary alicyclic amines) is 1. The molecule has 1 saturated heterocycles. The monoisotopic (exact) mass is 240 g/mol. The van der Waals surface area contributed by atoms with E-state index in [0.717, 1.165) is 0 Å². The lowest BCUT2D eigenvalue weighted by Crippen LogP contribution is -2.53. The lowest BCUT2D eigenvalue weighted by atomic mass is 10.1. The number of hydrogen-bond acceptors (Lipinski definition) is 5. The Kier molecular flexibility index (Phi) is 3.05. The summed E-state index contributed by atoms with van der Waals surface area (Å²) in [6.07, 6.45) is 2.46. The number of β-amino-alcohol motifs (C(OH)–C–C–N with tert-alkyl or cyclic N) is 1. The Labute approximate surface area is 96.6 Å². The van der Waals surface area contributed by atoms with Gasteiger partial charge in [0, 0.05) is 26.1 Å². The van der Waals surface area contributed by atoms with Gasteiger partial charge in [-0.05, 0) is 9.91 Å². The molecule has 2 rings (SSSR count). The van der Waals surface area contributed by atoms with Gasteiger partial charge in [-0.15, -0.1) is 0 Å². The standard InChI is InChI=1S/C9H12N4O4/c14-7-3-12(4-7)9(15)1-2-11-5-8(10-6-11)13(16)17/h5-7,14H,1-4H2. The molecule has 1 aliphatic rings. The summed E-state index contributed by atoms with van der Waals surface area (Å²) < 4.78 is 1.51. The first kappa shape index (κ1) is 11.5. The number of aryl methyl sites for hydroxylation is 1. The Morgan fingerprint density at radius 3 is 2.88 bits per heavy atom. The zero-order valence-electron chi connectivity index (χ0n) is 9.02.